The first kappa shape index (κ1) is 13.6. The molecular formula is C12H12ClFN2O3. The van der Waals surface area contributed by atoms with Crippen molar-refractivity contribution in [1.29, 1.82) is 0 Å². The monoisotopic (exact) mass is 286 g/mol. The number of nitrogens with zero attached hydrogens (tertiary/aromatic N) is 1. The van der Waals surface area contributed by atoms with Crippen LogP contribution in [0.5, 0.6) is 5.75 Å². The molecule has 2 amide bonds. The topological polar surface area (TPSA) is 69.6 Å². The predicted molar refractivity (Wildman–Crippen MR) is 66.6 cm³/mol. The number of aromatic hydroxyl groups is 1. The number of phenols is 1. The third kappa shape index (κ3) is 2.63. The van der Waals surface area contributed by atoms with E-state index in [-0.39, 0.29) is 16.5 Å². The molecule has 1 aliphatic rings. The molecule has 0 aliphatic carbocycles. The second-order valence-corrected chi connectivity index (χ2v) is 4.77. The average molecular weight is 287 g/mol. The Morgan fingerprint density at radius 2 is 2.26 bits per heavy atom. The molecule has 1 unspecified atom stereocenters. The molecular weight excluding hydrogens is 275 g/mol. The van der Waals surface area contributed by atoms with Crippen LogP contribution in [0, 0.1) is 5.82 Å². The van der Waals surface area contributed by atoms with Crippen LogP contribution >= 0.6 is 11.6 Å². The number of carbonyl (C=O) groups is 2. The number of benzene rings is 1. The summed E-state index contributed by atoms with van der Waals surface area (Å²) in [5, 5.41) is 11.8. The van der Waals surface area contributed by atoms with Crippen molar-refractivity contribution < 1.29 is 19.1 Å². The van der Waals surface area contributed by atoms with Crippen molar-refractivity contribution in [2.75, 3.05) is 13.6 Å². The number of hydrogen-bond donors (Lipinski definition) is 2. The molecule has 1 saturated heterocycles. The maximum Gasteiger partial charge on any atom is 0.255 e. The van der Waals surface area contributed by atoms with Gasteiger partial charge in [0.1, 0.15) is 17.6 Å². The average Bonchev–Trinajstić information content (AvgIpc) is 2.65. The van der Waals surface area contributed by atoms with Crippen molar-refractivity contribution >= 4 is 23.4 Å². The van der Waals surface area contributed by atoms with Gasteiger partial charge in [0.15, 0.2) is 0 Å². The zero-order valence-electron chi connectivity index (χ0n) is 10.1. The number of carbonyl (C=O) groups excluding carboxylic acids is 2. The summed E-state index contributed by atoms with van der Waals surface area (Å²) in [6.07, 6.45) is 0.477. The van der Waals surface area contributed by atoms with Gasteiger partial charge in [-0.15, -0.1) is 0 Å². The molecule has 7 heteroatoms. The fourth-order valence-electron chi connectivity index (χ4n) is 1.93. The molecule has 102 valence electrons. The second-order valence-electron chi connectivity index (χ2n) is 4.36. The Morgan fingerprint density at radius 3 is 2.84 bits per heavy atom. The minimum Gasteiger partial charge on any atom is -0.506 e. The maximum absolute atomic E-state index is 13.2. The number of likely N-dealkylation sites (tertiary alicyclic amines) is 1. The van der Waals surface area contributed by atoms with E-state index in [1.54, 1.807) is 7.05 Å². The van der Waals surface area contributed by atoms with Gasteiger partial charge in [-0.05, 0) is 18.6 Å². The van der Waals surface area contributed by atoms with E-state index in [0.29, 0.717) is 13.0 Å². The van der Waals surface area contributed by atoms with Gasteiger partial charge in [0, 0.05) is 13.6 Å². The third-order valence-corrected chi connectivity index (χ3v) is 3.29. The Morgan fingerprint density at radius 1 is 1.58 bits per heavy atom. The van der Waals surface area contributed by atoms with Crippen LogP contribution < -0.4 is 5.32 Å². The lowest BCUT2D eigenvalue weighted by Crippen LogP contribution is -2.40. The Kier molecular flexibility index (Phi) is 3.61. The van der Waals surface area contributed by atoms with Gasteiger partial charge in [-0.25, -0.2) is 4.39 Å². The fraction of sp³-hybridized carbons (Fsp3) is 0.333. The fourth-order valence-corrected chi connectivity index (χ4v) is 2.14. The lowest BCUT2D eigenvalue weighted by molar-refractivity contribution is -0.128. The molecule has 0 saturated carbocycles. The van der Waals surface area contributed by atoms with Gasteiger partial charge in [-0.3, -0.25) is 9.59 Å². The Bertz CT molecular complexity index is 550. The van der Waals surface area contributed by atoms with Gasteiger partial charge in [0.05, 0.1) is 10.6 Å². The highest BCUT2D eigenvalue weighted by Crippen LogP contribution is 2.28. The highest BCUT2D eigenvalue weighted by molar-refractivity contribution is 6.32. The number of phenolic OH excluding ortho intramolecular Hbond substituents is 1. The van der Waals surface area contributed by atoms with Gasteiger partial charge in [0.2, 0.25) is 5.91 Å². The van der Waals surface area contributed by atoms with Crippen LogP contribution in [-0.2, 0) is 4.79 Å². The van der Waals surface area contributed by atoms with E-state index in [1.165, 1.54) is 4.90 Å². The normalized spacial score (nSPS) is 18.8. The third-order valence-electron chi connectivity index (χ3n) is 3.01. The molecule has 1 atom stereocenters. The first-order valence-corrected chi connectivity index (χ1v) is 6.02. The number of hydrogen-bond acceptors (Lipinski definition) is 3. The van der Waals surface area contributed by atoms with Crippen LogP contribution in [0.1, 0.15) is 16.8 Å². The van der Waals surface area contributed by atoms with E-state index in [9.17, 15) is 19.1 Å². The predicted octanol–water partition coefficient (Wildman–Crippen LogP) is 1.15. The molecule has 5 nitrogen and oxygen atoms in total. The lowest BCUT2D eigenvalue weighted by Gasteiger charge is -2.13. The van der Waals surface area contributed by atoms with Crippen molar-refractivity contribution in [3.63, 3.8) is 0 Å². The smallest absolute Gasteiger partial charge is 0.255 e. The zero-order chi connectivity index (χ0) is 14.2. The van der Waals surface area contributed by atoms with Crippen molar-refractivity contribution in [3.05, 3.63) is 28.5 Å². The van der Waals surface area contributed by atoms with Crippen LogP contribution in [0.25, 0.3) is 0 Å². The molecule has 1 aromatic carbocycles. The highest BCUT2D eigenvalue weighted by atomic mass is 35.5. The molecule has 19 heavy (non-hydrogen) atoms. The van der Waals surface area contributed by atoms with Crippen LogP contribution in [0.15, 0.2) is 12.1 Å². The van der Waals surface area contributed by atoms with Gasteiger partial charge >= 0.3 is 0 Å². The Balaban J connectivity index is 2.19. The molecule has 0 bridgehead atoms. The van der Waals surface area contributed by atoms with Gasteiger partial charge in [-0.1, -0.05) is 11.6 Å². The van der Waals surface area contributed by atoms with Crippen molar-refractivity contribution in [1.82, 2.24) is 10.2 Å². The number of likely N-dealkylation sites (N-methyl/N-ethyl adjacent to an activating group) is 1. The van der Waals surface area contributed by atoms with E-state index in [1.807, 2.05) is 0 Å². The number of rotatable bonds is 2. The first-order chi connectivity index (χ1) is 8.90. The summed E-state index contributed by atoms with van der Waals surface area (Å²) in [6, 6.07) is 1.13. The quantitative estimate of drug-likeness (QED) is 0.857. The SMILES string of the molecule is CN1CCC(NC(=O)c2cc(F)cc(Cl)c2O)C1=O. The standard InChI is InChI=1S/C12H12ClFN2O3/c1-16-3-2-9(12(16)19)15-11(18)7-4-6(14)5-8(13)10(7)17/h4-5,9,17H,2-3H2,1H3,(H,15,18). The van der Waals surface area contributed by atoms with E-state index in [0.717, 1.165) is 12.1 Å². The van der Waals surface area contributed by atoms with E-state index < -0.39 is 23.5 Å². The van der Waals surface area contributed by atoms with E-state index >= 15 is 0 Å². The summed E-state index contributed by atoms with van der Waals surface area (Å²) in [5.41, 5.74) is -0.285. The van der Waals surface area contributed by atoms with Crippen molar-refractivity contribution in [2.45, 2.75) is 12.5 Å². The summed E-state index contributed by atoms with van der Waals surface area (Å²) < 4.78 is 13.2. The minimum absolute atomic E-state index is 0.213. The molecule has 2 rings (SSSR count). The van der Waals surface area contributed by atoms with E-state index in [4.69, 9.17) is 11.6 Å². The Labute approximate surface area is 114 Å². The summed E-state index contributed by atoms with van der Waals surface area (Å²) in [7, 11) is 1.63. The number of amides is 2. The lowest BCUT2D eigenvalue weighted by atomic mass is 10.1. The summed E-state index contributed by atoms with van der Waals surface area (Å²) in [6.45, 7) is 0.541. The Hall–Kier alpha value is -1.82. The second kappa shape index (κ2) is 5.05. The molecule has 1 aliphatic heterocycles. The van der Waals surface area contributed by atoms with Gasteiger partial charge in [-0.2, -0.15) is 0 Å². The summed E-state index contributed by atoms with van der Waals surface area (Å²) >= 11 is 5.59. The van der Waals surface area contributed by atoms with Crippen LogP contribution in [0.4, 0.5) is 4.39 Å². The molecule has 1 aromatic rings. The molecule has 0 aromatic heterocycles. The number of halogens is 2. The first-order valence-electron chi connectivity index (χ1n) is 5.64. The van der Waals surface area contributed by atoms with Crippen LogP contribution in [-0.4, -0.2) is 41.5 Å². The summed E-state index contributed by atoms with van der Waals surface area (Å²) in [4.78, 5) is 25.0. The molecule has 0 spiro atoms. The van der Waals surface area contributed by atoms with Gasteiger partial charge < -0.3 is 15.3 Å². The van der Waals surface area contributed by atoms with Crippen molar-refractivity contribution in [2.24, 2.45) is 0 Å². The van der Waals surface area contributed by atoms with Crippen molar-refractivity contribution in [3.8, 4) is 5.75 Å². The highest BCUT2D eigenvalue weighted by Gasteiger charge is 2.31. The molecule has 0 radical (unpaired) electrons. The number of nitrogens with one attached hydrogen (secondary N) is 1. The minimum atomic E-state index is -0.734. The molecule has 1 fully saturated rings. The van der Waals surface area contributed by atoms with E-state index in [2.05, 4.69) is 5.32 Å². The summed E-state index contributed by atoms with van der Waals surface area (Å²) in [5.74, 6) is -2.18. The van der Waals surface area contributed by atoms with Crippen LogP contribution in [0.2, 0.25) is 5.02 Å². The zero-order valence-corrected chi connectivity index (χ0v) is 10.9. The largest absolute Gasteiger partial charge is 0.506 e. The molecule has 1 heterocycles. The maximum atomic E-state index is 13.2. The van der Waals surface area contributed by atoms with Gasteiger partial charge in [0.25, 0.3) is 5.91 Å². The molecule has 2 N–H and O–H groups in total. The van der Waals surface area contributed by atoms with Crippen LogP contribution in [0.3, 0.4) is 0 Å².